The Bertz CT molecular complexity index is 724. The largest absolute Gasteiger partial charge is 0.481 e. The molecular weight excluding hydrogens is 330 g/mol. The molecule has 2 rings (SSSR count). The highest BCUT2D eigenvalue weighted by atomic mass is 32.2. The number of aliphatic carboxylic acids is 1. The number of benzene rings is 1. The molecule has 1 heterocycles. The van der Waals surface area contributed by atoms with Gasteiger partial charge in [0.05, 0.1) is 22.5 Å². The Hall–Kier alpha value is -1.89. The van der Waals surface area contributed by atoms with Gasteiger partial charge in [0.15, 0.2) is 9.84 Å². The van der Waals surface area contributed by atoms with E-state index in [1.54, 1.807) is 30.9 Å². The number of carbonyl (C=O) groups is 2. The van der Waals surface area contributed by atoms with Crippen LogP contribution in [-0.4, -0.2) is 48.6 Å². The predicted octanol–water partition coefficient (Wildman–Crippen LogP) is 1.59. The number of hydrogen-bond donors (Lipinski definition) is 1. The van der Waals surface area contributed by atoms with Crippen molar-refractivity contribution in [3.05, 3.63) is 29.8 Å². The fraction of sp³-hybridized carbons (Fsp3) is 0.529. The summed E-state index contributed by atoms with van der Waals surface area (Å²) in [6.45, 7) is 5.75. The molecule has 0 aromatic heterocycles. The van der Waals surface area contributed by atoms with Crippen molar-refractivity contribution < 1.29 is 23.1 Å². The van der Waals surface area contributed by atoms with Gasteiger partial charge in [-0.1, -0.05) is 19.1 Å². The summed E-state index contributed by atoms with van der Waals surface area (Å²) >= 11 is 0. The van der Waals surface area contributed by atoms with Crippen LogP contribution < -0.4 is 0 Å². The molecule has 6 nitrogen and oxygen atoms in total. The Kier molecular flexibility index (Phi) is 5.32. The zero-order valence-corrected chi connectivity index (χ0v) is 14.9. The maximum Gasteiger partial charge on any atom is 0.308 e. The molecule has 2 atom stereocenters. The molecule has 0 spiro atoms. The van der Waals surface area contributed by atoms with E-state index < -0.39 is 27.0 Å². The van der Waals surface area contributed by atoms with Gasteiger partial charge in [0.25, 0.3) is 0 Å². The third kappa shape index (κ3) is 3.77. The van der Waals surface area contributed by atoms with Crippen LogP contribution in [0.15, 0.2) is 29.2 Å². The summed E-state index contributed by atoms with van der Waals surface area (Å²) in [7, 11) is -3.32. The fourth-order valence-electron chi connectivity index (χ4n) is 2.85. The molecule has 0 radical (unpaired) electrons. The first-order valence-corrected chi connectivity index (χ1v) is 9.51. The second kappa shape index (κ2) is 6.93. The van der Waals surface area contributed by atoms with Crippen molar-refractivity contribution in [2.45, 2.75) is 37.3 Å². The zero-order chi connectivity index (χ0) is 18.1. The molecule has 1 amide bonds. The van der Waals surface area contributed by atoms with E-state index in [-0.39, 0.29) is 29.7 Å². The smallest absolute Gasteiger partial charge is 0.308 e. The SMILES string of the molecule is CC(C)S(=O)(=O)c1ccc(CC(=O)N2C[C@@H](C)[C@H](C(=O)O)C2)cc1. The Labute approximate surface area is 142 Å². The molecule has 0 saturated carbocycles. The van der Waals surface area contributed by atoms with Gasteiger partial charge in [-0.2, -0.15) is 0 Å². The van der Waals surface area contributed by atoms with Crippen LogP contribution in [0, 0.1) is 11.8 Å². The number of hydrogen-bond acceptors (Lipinski definition) is 4. The van der Waals surface area contributed by atoms with Crippen LogP contribution in [-0.2, 0) is 25.8 Å². The second-order valence-corrected chi connectivity index (χ2v) is 9.14. The van der Waals surface area contributed by atoms with Crippen molar-refractivity contribution in [3.63, 3.8) is 0 Å². The van der Waals surface area contributed by atoms with Gasteiger partial charge < -0.3 is 10.0 Å². The van der Waals surface area contributed by atoms with Crippen LogP contribution in [0.25, 0.3) is 0 Å². The number of rotatable bonds is 5. The van der Waals surface area contributed by atoms with E-state index in [0.29, 0.717) is 12.1 Å². The lowest BCUT2D eigenvalue weighted by Gasteiger charge is -2.16. The lowest BCUT2D eigenvalue weighted by atomic mass is 9.99. The van der Waals surface area contributed by atoms with E-state index in [9.17, 15) is 18.0 Å². The highest BCUT2D eigenvalue weighted by molar-refractivity contribution is 7.92. The molecule has 1 N–H and O–H groups in total. The summed E-state index contributed by atoms with van der Waals surface area (Å²) < 4.78 is 24.2. The topological polar surface area (TPSA) is 91.8 Å². The minimum absolute atomic E-state index is 0.0648. The maximum atomic E-state index is 12.3. The third-order valence-corrected chi connectivity index (χ3v) is 6.68. The summed E-state index contributed by atoms with van der Waals surface area (Å²) in [5.74, 6) is -1.59. The van der Waals surface area contributed by atoms with E-state index in [2.05, 4.69) is 0 Å². The van der Waals surface area contributed by atoms with Crippen molar-refractivity contribution in [2.24, 2.45) is 11.8 Å². The maximum absolute atomic E-state index is 12.3. The Balaban J connectivity index is 2.04. The molecule has 1 aliphatic rings. The van der Waals surface area contributed by atoms with Crippen LogP contribution in [0.5, 0.6) is 0 Å². The van der Waals surface area contributed by atoms with Crippen molar-refractivity contribution in [1.82, 2.24) is 4.90 Å². The number of carboxylic acid groups (broad SMARTS) is 1. The van der Waals surface area contributed by atoms with E-state index in [1.165, 1.54) is 12.1 Å². The summed E-state index contributed by atoms with van der Waals surface area (Å²) in [4.78, 5) is 25.3. The molecular formula is C17H23NO5S. The monoisotopic (exact) mass is 353 g/mol. The molecule has 1 fully saturated rings. The molecule has 1 saturated heterocycles. The quantitative estimate of drug-likeness (QED) is 0.868. The van der Waals surface area contributed by atoms with Crippen molar-refractivity contribution in [2.75, 3.05) is 13.1 Å². The van der Waals surface area contributed by atoms with Gasteiger partial charge in [-0.15, -0.1) is 0 Å². The van der Waals surface area contributed by atoms with Gasteiger partial charge in [0.1, 0.15) is 0 Å². The molecule has 132 valence electrons. The predicted molar refractivity (Wildman–Crippen MR) is 89.3 cm³/mol. The molecule has 7 heteroatoms. The Morgan fingerprint density at radius 1 is 1.21 bits per heavy atom. The fourth-order valence-corrected chi connectivity index (χ4v) is 3.91. The first kappa shape index (κ1) is 18.4. The first-order chi connectivity index (χ1) is 11.1. The van der Waals surface area contributed by atoms with Crippen LogP contribution in [0.3, 0.4) is 0 Å². The number of likely N-dealkylation sites (tertiary alicyclic amines) is 1. The van der Waals surface area contributed by atoms with Crippen LogP contribution in [0.1, 0.15) is 26.3 Å². The number of sulfone groups is 1. The van der Waals surface area contributed by atoms with Gasteiger partial charge in [0, 0.05) is 13.1 Å². The highest BCUT2D eigenvalue weighted by Gasteiger charge is 2.36. The van der Waals surface area contributed by atoms with Crippen molar-refractivity contribution >= 4 is 21.7 Å². The average molecular weight is 353 g/mol. The molecule has 1 aliphatic heterocycles. The highest BCUT2D eigenvalue weighted by Crippen LogP contribution is 2.24. The van der Waals surface area contributed by atoms with E-state index in [4.69, 9.17) is 5.11 Å². The van der Waals surface area contributed by atoms with Crippen molar-refractivity contribution in [3.8, 4) is 0 Å². The standard InChI is InChI=1S/C17H23NO5S/c1-11(2)24(22,23)14-6-4-13(5-7-14)8-16(19)18-9-12(3)15(10-18)17(20)21/h4-7,11-12,15H,8-10H2,1-3H3,(H,20,21)/t12-,15-/m1/s1. The zero-order valence-electron chi connectivity index (χ0n) is 14.1. The van der Waals surface area contributed by atoms with Gasteiger partial charge in [0.2, 0.25) is 5.91 Å². The van der Waals surface area contributed by atoms with E-state index in [1.807, 2.05) is 6.92 Å². The third-order valence-electron chi connectivity index (χ3n) is 4.51. The number of amides is 1. The van der Waals surface area contributed by atoms with Crippen LogP contribution in [0.4, 0.5) is 0 Å². The summed E-state index contributed by atoms with van der Waals surface area (Å²) in [6, 6.07) is 6.32. The lowest BCUT2D eigenvalue weighted by molar-refractivity contribution is -0.142. The molecule has 0 unspecified atom stereocenters. The molecule has 1 aromatic carbocycles. The average Bonchev–Trinajstić information content (AvgIpc) is 2.90. The molecule has 1 aromatic rings. The van der Waals surface area contributed by atoms with Crippen LogP contribution >= 0.6 is 0 Å². The lowest BCUT2D eigenvalue weighted by Crippen LogP contribution is -2.31. The van der Waals surface area contributed by atoms with E-state index in [0.717, 1.165) is 0 Å². The van der Waals surface area contributed by atoms with Gasteiger partial charge in [-0.25, -0.2) is 8.42 Å². The summed E-state index contributed by atoms with van der Waals surface area (Å²) in [5.41, 5.74) is 0.717. The van der Waals surface area contributed by atoms with E-state index >= 15 is 0 Å². The molecule has 0 aliphatic carbocycles. The normalized spacial score (nSPS) is 21.2. The molecule has 0 bridgehead atoms. The number of nitrogens with zero attached hydrogens (tertiary/aromatic N) is 1. The molecule has 24 heavy (non-hydrogen) atoms. The minimum Gasteiger partial charge on any atom is -0.481 e. The summed E-state index contributed by atoms with van der Waals surface area (Å²) in [5, 5.41) is 8.63. The van der Waals surface area contributed by atoms with Crippen LogP contribution in [0.2, 0.25) is 0 Å². The number of carboxylic acids is 1. The number of carbonyl (C=O) groups excluding carboxylic acids is 1. The van der Waals surface area contributed by atoms with Crippen molar-refractivity contribution in [1.29, 1.82) is 0 Å². The van der Waals surface area contributed by atoms with Gasteiger partial charge in [-0.05, 0) is 37.5 Å². The minimum atomic E-state index is -3.32. The van der Waals surface area contributed by atoms with Gasteiger partial charge >= 0.3 is 5.97 Å². The van der Waals surface area contributed by atoms with Gasteiger partial charge in [-0.3, -0.25) is 9.59 Å². The Morgan fingerprint density at radius 3 is 2.25 bits per heavy atom. The second-order valence-electron chi connectivity index (χ2n) is 6.64. The Morgan fingerprint density at radius 2 is 1.79 bits per heavy atom. The summed E-state index contributed by atoms with van der Waals surface area (Å²) in [6.07, 6.45) is 0.140. The first-order valence-electron chi connectivity index (χ1n) is 7.96.